The van der Waals surface area contributed by atoms with Gasteiger partial charge in [-0.2, -0.15) is 0 Å². The highest BCUT2D eigenvalue weighted by Crippen LogP contribution is 2.39. The van der Waals surface area contributed by atoms with E-state index < -0.39 is 0 Å². The molecular formula is C12H15ClFNO. The fraction of sp³-hybridized carbons (Fsp3) is 0.500. The van der Waals surface area contributed by atoms with Crippen molar-refractivity contribution in [1.29, 1.82) is 0 Å². The molecule has 1 aliphatic rings. The van der Waals surface area contributed by atoms with Gasteiger partial charge in [0.1, 0.15) is 11.6 Å². The van der Waals surface area contributed by atoms with E-state index in [1.54, 1.807) is 14.0 Å². The number of hydrogen-bond donors (Lipinski definition) is 1. The zero-order valence-corrected chi connectivity index (χ0v) is 10.2. The SMILES string of the molecule is COc1c(Cl)cc(F)c(C)c1C1CCNC1. The Bertz CT molecular complexity index is 402. The summed E-state index contributed by atoms with van der Waals surface area (Å²) in [4.78, 5) is 0. The lowest BCUT2D eigenvalue weighted by molar-refractivity contribution is 0.404. The summed E-state index contributed by atoms with van der Waals surface area (Å²) in [5, 5.41) is 3.62. The molecular weight excluding hydrogens is 229 g/mol. The summed E-state index contributed by atoms with van der Waals surface area (Å²) in [6.45, 7) is 3.60. The van der Waals surface area contributed by atoms with Crippen molar-refractivity contribution in [2.45, 2.75) is 19.3 Å². The largest absolute Gasteiger partial charge is 0.495 e. The van der Waals surface area contributed by atoms with E-state index >= 15 is 0 Å². The number of ether oxygens (including phenoxy) is 1. The lowest BCUT2D eigenvalue weighted by Crippen LogP contribution is -2.10. The van der Waals surface area contributed by atoms with Gasteiger partial charge in [0, 0.05) is 18.0 Å². The van der Waals surface area contributed by atoms with Crippen LogP contribution in [-0.2, 0) is 0 Å². The van der Waals surface area contributed by atoms with Crippen molar-refractivity contribution in [2.75, 3.05) is 20.2 Å². The van der Waals surface area contributed by atoms with Crippen molar-refractivity contribution >= 4 is 11.6 Å². The van der Waals surface area contributed by atoms with E-state index in [2.05, 4.69) is 5.32 Å². The first-order valence-electron chi connectivity index (χ1n) is 5.38. The highest BCUT2D eigenvalue weighted by molar-refractivity contribution is 6.32. The molecule has 1 aromatic carbocycles. The van der Waals surface area contributed by atoms with Crippen molar-refractivity contribution in [3.8, 4) is 5.75 Å². The number of methoxy groups -OCH3 is 1. The van der Waals surface area contributed by atoms with E-state index in [1.807, 2.05) is 0 Å². The monoisotopic (exact) mass is 243 g/mol. The molecule has 2 rings (SSSR count). The molecule has 1 fully saturated rings. The van der Waals surface area contributed by atoms with Gasteiger partial charge in [-0.25, -0.2) is 4.39 Å². The van der Waals surface area contributed by atoms with E-state index in [1.165, 1.54) is 6.07 Å². The lowest BCUT2D eigenvalue weighted by atomic mass is 9.92. The third-order valence-corrected chi connectivity index (χ3v) is 3.43. The Morgan fingerprint density at radius 3 is 2.88 bits per heavy atom. The molecule has 16 heavy (non-hydrogen) atoms. The van der Waals surface area contributed by atoms with E-state index in [0.29, 0.717) is 22.3 Å². The Hall–Kier alpha value is -0.800. The summed E-state index contributed by atoms with van der Waals surface area (Å²) in [6, 6.07) is 1.32. The molecule has 0 spiro atoms. The second-order valence-corrected chi connectivity index (χ2v) is 4.51. The molecule has 0 radical (unpaired) electrons. The first-order chi connectivity index (χ1) is 7.65. The summed E-state index contributed by atoms with van der Waals surface area (Å²) in [7, 11) is 1.57. The van der Waals surface area contributed by atoms with Gasteiger partial charge >= 0.3 is 0 Å². The van der Waals surface area contributed by atoms with Gasteiger partial charge in [0.25, 0.3) is 0 Å². The van der Waals surface area contributed by atoms with Gasteiger partial charge < -0.3 is 10.1 Å². The van der Waals surface area contributed by atoms with Crippen LogP contribution in [0.15, 0.2) is 6.07 Å². The Balaban J connectivity index is 2.54. The molecule has 0 amide bonds. The van der Waals surface area contributed by atoms with Crippen LogP contribution in [-0.4, -0.2) is 20.2 Å². The normalized spacial score (nSPS) is 20.1. The van der Waals surface area contributed by atoms with Crippen LogP contribution in [0.5, 0.6) is 5.75 Å². The highest BCUT2D eigenvalue weighted by Gasteiger charge is 2.25. The summed E-state index contributed by atoms with van der Waals surface area (Å²) < 4.78 is 18.9. The molecule has 1 unspecified atom stereocenters. The van der Waals surface area contributed by atoms with Crippen LogP contribution in [0, 0.1) is 12.7 Å². The quantitative estimate of drug-likeness (QED) is 0.863. The summed E-state index contributed by atoms with van der Waals surface area (Å²) >= 11 is 6.00. The lowest BCUT2D eigenvalue weighted by Gasteiger charge is -2.18. The topological polar surface area (TPSA) is 21.3 Å². The van der Waals surface area contributed by atoms with E-state index in [4.69, 9.17) is 16.3 Å². The molecule has 1 aromatic rings. The first kappa shape index (κ1) is 11.7. The van der Waals surface area contributed by atoms with Gasteiger partial charge in [0.15, 0.2) is 0 Å². The van der Waals surface area contributed by atoms with Gasteiger partial charge in [-0.05, 0) is 31.5 Å². The molecule has 1 saturated heterocycles. The molecule has 0 saturated carbocycles. The molecule has 1 N–H and O–H groups in total. The fourth-order valence-corrected chi connectivity index (χ4v) is 2.59. The van der Waals surface area contributed by atoms with E-state index in [-0.39, 0.29) is 5.82 Å². The summed E-state index contributed by atoms with van der Waals surface area (Å²) in [6.07, 6.45) is 0.997. The van der Waals surface area contributed by atoms with E-state index in [9.17, 15) is 4.39 Å². The number of benzene rings is 1. The Kier molecular flexibility index (Phi) is 3.36. The van der Waals surface area contributed by atoms with Crippen LogP contribution < -0.4 is 10.1 Å². The van der Waals surface area contributed by atoms with Gasteiger partial charge in [-0.15, -0.1) is 0 Å². The predicted molar refractivity (Wildman–Crippen MR) is 62.9 cm³/mol. The predicted octanol–water partition coefficient (Wildman–Crippen LogP) is 2.87. The maximum atomic E-state index is 13.6. The second kappa shape index (κ2) is 4.60. The van der Waals surface area contributed by atoms with Gasteiger partial charge in [-0.3, -0.25) is 0 Å². The summed E-state index contributed by atoms with van der Waals surface area (Å²) in [5.41, 5.74) is 1.56. The Labute approximate surface area is 99.7 Å². The molecule has 1 heterocycles. The van der Waals surface area contributed by atoms with Crippen molar-refractivity contribution in [3.05, 3.63) is 28.0 Å². The second-order valence-electron chi connectivity index (χ2n) is 4.10. The minimum absolute atomic E-state index is 0.257. The highest BCUT2D eigenvalue weighted by atomic mass is 35.5. The Morgan fingerprint density at radius 2 is 2.31 bits per heavy atom. The van der Waals surface area contributed by atoms with Crippen LogP contribution in [0.3, 0.4) is 0 Å². The van der Waals surface area contributed by atoms with Crippen LogP contribution in [0.25, 0.3) is 0 Å². The third-order valence-electron chi connectivity index (χ3n) is 3.15. The molecule has 1 atom stereocenters. The van der Waals surface area contributed by atoms with Gasteiger partial charge in [0.05, 0.1) is 12.1 Å². The van der Waals surface area contributed by atoms with Crippen molar-refractivity contribution < 1.29 is 9.13 Å². The number of halogens is 2. The average Bonchev–Trinajstić information content (AvgIpc) is 2.76. The maximum Gasteiger partial charge on any atom is 0.141 e. The standard InChI is InChI=1S/C12H15ClFNO/c1-7-10(14)5-9(13)12(16-2)11(7)8-3-4-15-6-8/h5,8,15H,3-4,6H2,1-2H3. The zero-order valence-electron chi connectivity index (χ0n) is 9.44. The van der Waals surface area contributed by atoms with Crippen LogP contribution >= 0.6 is 11.6 Å². The smallest absolute Gasteiger partial charge is 0.141 e. The summed E-state index contributed by atoms with van der Waals surface area (Å²) in [5.74, 6) is 0.658. The molecule has 0 aliphatic carbocycles. The average molecular weight is 244 g/mol. The Morgan fingerprint density at radius 1 is 1.56 bits per heavy atom. The maximum absolute atomic E-state index is 13.6. The molecule has 1 aliphatic heterocycles. The van der Waals surface area contributed by atoms with E-state index in [0.717, 1.165) is 25.1 Å². The number of rotatable bonds is 2. The molecule has 4 heteroatoms. The fourth-order valence-electron chi connectivity index (χ4n) is 2.31. The first-order valence-corrected chi connectivity index (χ1v) is 5.76. The number of nitrogens with one attached hydrogen (secondary N) is 1. The molecule has 88 valence electrons. The molecule has 0 aromatic heterocycles. The minimum atomic E-state index is -0.257. The van der Waals surface area contributed by atoms with Crippen LogP contribution in [0.4, 0.5) is 4.39 Å². The van der Waals surface area contributed by atoms with Crippen LogP contribution in [0.1, 0.15) is 23.5 Å². The van der Waals surface area contributed by atoms with Crippen molar-refractivity contribution in [3.63, 3.8) is 0 Å². The molecule has 0 bridgehead atoms. The zero-order chi connectivity index (χ0) is 11.7. The van der Waals surface area contributed by atoms with Gasteiger partial charge in [-0.1, -0.05) is 11.6 Å². The minimum Gasteiger partial charge on any atom is -0.495 e. The third kappa shape index (κ3) is 1.89. The van der Waals surface area contributed by atoms with Crippen LogP contribution in [0.2, 0.25) is 5.02 Å². The number of hydrogen-bond acceptors (Lipinski definition) is 2. The van der Waals surface area contributed by atoms with Gasteiger partial charge in [0.2, 0.25) is 0 Å². The van der Waals surface area contributed by atoms with Crippen molar-refractivity contribution in [2.24, 2.45) is 0 Å². The van der Waals surface area contributed by atoms with Crippen molar-refractivity contribution in [1.82, 2.24) is 5.32 Å². The molecule has 2 nitrogen and oxygen atoms in total.